The first-order chi connectivity index (χ1) is 9.50. The van der Waals surface area contributed by atoms with Crippen molar-refractivity contribution >= 4 is 12.0 Å². The molecule has 2 aliphatic carbocycles. The minimum absolute atomic E-state index is 0.348. The molecule has 0 aromatic rings. The number of fused-ring (bicyclic) bond motifs is 2. The van der Waals surface area contributed by atoms with Gasteiger partial charge in [0.2, 0.25) is 0 Å². The average molecular weight is 282 g/mol. The fourth-order valence-corrected chi connectivity index (χ4v) is 3.89. The number of nitrogens with one attached hydrogen (secondary N) is 2. The number of amides is 2. The molecule has 5 heteroatoms. The van der Waals surface area contributed by atoms with Crippen molar-refractivity contribution < 1.29 is 14.7 Å². The number of carbonyl (C=O) groups excluding carboxylic acids is 1. The molecule has 3 N–H and O–H groups in total. The normalized spacial score (nSPS) is 28.4. The van der Waals surface area contributed by atoms with Gasteiger partial charge in [0.15, 0.2) is 0 Å². The van der Waals surface area contributed by atoms with Crippen molar-refractivity contribution in [3.63, 3.8) is 0 Å². The van der Waals surface area contributed by atoms with E-state index in [2.05, 4.69) is 10.6 Å². The second-order valence-corrected chi connectivity index (χ2v) is 6.36. The van der Waals surface area contributed by atoms with Crippen LogP contribution in [-0.4, -0.2) is 29.2 Å². The molecule has 0 spiro atoms. The van der Waals surface area contributed by atoms with E-state index < -0.39 is 11.5 Å². The van der Waals surface area contributed by atoms with E-state index in [4.69, 9.17) is 0 Å². The maximum Gasteiger partial charge on any atom is 0.329 e. The summed E-state index contributed by atoms with van der Waals surface area (Å²) in [5.74, 6) is 1.25. The standard InChI is InChI=1S/C15H26N2O3/c1-3-15(4-2,13(18)19)17-14(20)16-9-12-8-10-5-6-11(12)7-10/h10-12H,3-9H2,1-2H3,(H,18,19)(H2,16,17,20). The molecule has 5 nitrogen and oxygen atoms in total. The van der Waals surface area contributed by atoms with Crippen LogP contribution in [0.15, 0.2) is 0 Å². The van der Waals surface area contributed by atoms with Gasteiger partial charge >= 0.3 is 12.0 Å². The Morgan fingerprint density at radius 3 is 2.35 bits per heavy atom. The van der Waals surface area contributed by atoms with Gasteiger partial charge in [-0.25, -0.2) is 9.59 Å². The third kappa shape index (κ3) is 2.91. The predicted molar refractivity (Wildman–Crippen MR) is 76.4 cm³/mol. The van der Waals surface area contributed by atoms with E-state index in [1.54, 1.807) is 13.8 Å². The van der Waals surface area contributed by atoms with Crippen molar-refractivity contribution in [3.8, 4) is 0 Å². The number of rotatable bonds is 6. The monoisotopic (exact) mass is 282 g/mol. The summed E-state index contributed by atoms with van der Waals surface area (Å²) in [5, 5.41) is 14.8. The van der Waals surface area contributed by atoms with Crippen molar-refractivity contribution in [3.05, 3.63) is 0 Å². The van der Waals surface area contributed by atoms with Gasteiger partial charge in [-0.2, -0.15) is 0 Å². The van der Waals surface area contributed by atoms with E-state index in [1.807, 2.05) is 0 Å². The topological polar surface area (TPSA) is 78.4 Å². The van der Waals surface area contributed by atoms with E-state index in [1.165, 1.54) is 25.7 Å². The highest BCUT2D eigenvalue weighted by Crippen LogP contribution is 2.47. The molecule has 2 saturated carbocycles. The molecule has 0 aromatic carbocycles. The van der Waals surface area contributed by atoms with Gasteiger partial charge in [0.05, 0.1) is 0 Å². The van der Waals surface area contributed by atoms with Crippen LogP contribution in [0.2, 0.25) is 0 Å². The lowest BCUT2D eigenvalue weighted by atomic mass is 9.89. The Hall–Kier alpha value is -1.26. The molecule has 3 unspecified atom stereocenters. The SMILES string of the molecule is CCC(CC)(NC(=O)NCC1CC2CCC1C2)C(=O)O. The van der Waals surface area contributed by atoms with E-state index in [9.17, 15) is 14.7 Å². The molecule has 2 rings (SSSR count). The van der Waals surface area contributed by atoms with Crippen LogP contribution in [0.25, 0.3) is 0 Å². The van der Waals surface area contributed by atoms with Crippen LogP contribution in [0.1, 0.15) is 52.4 Å². The van der Waals surface area contributed by atoms with Gasteiger partial charge in [0.25, 0.3) is 0 Å². The van der Waals surface area contributed by atoms with E-state index in [0.29, 0.717) is 25.3 Å². The third-order valence-electron chi connectivity index (χ3n) is 5.38. The smallest absolute Gasteiger partial charge is 0.329 e. The Kier molecular flexibility index (Phi) is 4.55. The summed E-state index contributed by atoms with van der Waals surface area (Å²) in [7, 11) is 0. The molecule has 3 atom stereocenters. The Balaban J connectivity index is 1.81. The zero-order valence-corrected chi connectivity index (χ0v) is 12.4. The Bertz CT molecular complexity index is 379. The lowest BCUT2D eigenvalue weighted by molar-refractivity contribution is -0.144. The molecule has 2 aliphatic rings. The number of carboxylic acids is 1. The molecule has 114 valence electrons. The van der Waals surface area contributed by atoms with Gasteiger partial charge in [-0.15, -0.1) is 0 Å². The van der Waals surface area contributed by atoms with Crippen LogP contribution in [0.4, 0.5) is 4.79 Å². The van der Waals surface area contributed by atoms with Gasteiger partial charge < -0.3 is 15.7 Å². The molecule has 2 amide bonds. The van der Waals surface area contributed by atoms with Crippen LogP contribution in [-0.2, 0) is 4.79 Å². The second kappa shape index (κ2) is 6.02. The Morgan fingerprint density at radius 1 is 1.20 bits per heavy atom. The quantitative estimate of drug-likeness (QED) is 0.700. The number of carbonyl (C=O) groups is 2. The molecule has 2 bridgehead atoms. The summed E-state index contributed by atoms with van der Waals surface area (Å²) >= 11 is 0. The maximum absolute atomic E-state index is 12.0. The fourth-order valence-electron chi connectivity index (χ4n) is 3.89. The lowest BCUT2D eigenvalue weighted by Gasteiger charge is -2.29. The predicted octanol–water partition coefficient (Wildman–Crippen LogP) is 2.37. The van der Waals surface area contributed by atoms with Gasteiger partial charge in [-0.1, -0.05) is 20.3 Å². The first-order valence-electron chi connectivity index (χ1n) is 7.80. The van der Waals surface area contributed by atoms with E-state index in [0.717, 1.165) is 11.8 Å². The molecule has 0 aliphatic heterocycles. The first kappa shape index (κ1) is 15.1. The summed E-state index contributed by atoms with van der Waals surface area (Å²) < 4.78 is 0. The van der Waals surface area contributed by atoms with Crippen molar-refractivity contribution in [1.29, 1.82) is 0 Å². The number of aliphatic carboxylic acids is 1. The summed E-state index contributed by atoms with van der Waals surface area (Å²) in [6, 6.07) is -0.348. The van der Waals surface area contributed by atoms with Crippen LogP contribution >= 0.6 is 0 Å². The lowest BCUT2D eigenvalue weighted by Crippen LogP contribution is -2.57. The second-order valence-electron chi connectivity index (χ2n) is 6.36. The highest BCUT2D eigenvalue weighted by atomic mass is 16.4. The molecular weight excluding hydrogens is 256 g/mol. The van der Waals surface area contributed by atoms with Gasteiger partial charge in [-0.3, -0.25) is 0 Å². The zero-order chi connectivity index (χ0) is 14.8. The van der Waals surface area contributed by atoms with E-state index >= 15 is 0 Å². The van der Waals surface area contributed by atoms with Gasteiger partial charge in [0, 0.05) is 6.54 Å². The van der Waals surface area contributed by atoms with Crippen molar-refractivity contribution in [2.75, 3.05) is 6.54 Å². The number of hydrogen-bond acceptors (Lipinski definition) is 2. The molecular formula is C15H26N2O3. The Labute approximate surface area is 120 Å². The highest BCUT2D eigenvalue weighted by Gasteiger charge is 2.40. The zero-order valence-electron chi connectivity index (χ0n) is 12.4. The summed E-state index contributed by atoms with van der Waals surface area (Å²) in [5.41, 5.74) is -1.14. The summed E-state index contributed by atoms with van der Waals surface area (Å²) in [6.07, 6.45) is 5.96. The summed E-state index contributed by atoms with van der Waals surface area (Å²) in [6.45, 7) is 4.25. The minimum Gasteiger partial charge on any atom is -0.480 e. The molecule has 0 radical (unpaired) electrons. The largest absolute Gasteiger partial charge is 0.480 e. The summed E-state index contributed by atoms with van der Waals surface area (Å²) in [4.78, 5) is 23.3. The minimum atomic E-state index is -1.14. The van der Waals surface area contributed by atoms with E-state index in [-0.39, 0.29) is 6.03 Å². The molecule has 0 aromatic heterocycles. The van der Waals surface area contributed by atoms with Crippen LogP contribution in [0.5, 0.6) is 0 Å². The van der Waals surface area contributed by atoms with Crippen molar-refractivity contribution in [2.45, 2.75) is 57.9 Å². The van der Waals surface area contributed by atoms with Gasteiger partial charge in [0.1, 0.15) is 5.54 Å². The Morgan fingerprint density at radius 2 is 1.90 bits per heavy atom. The number of urea groups is 1. The molecule has 20 heavy (non-hydrogen) atoms. The first-order valence-corrected chi connectivity index (χ1v) is 7.80. The molecule has 2 fully saturated rings. The van der Waals surface area contributed by atoms with Gasteiger partial charge in [-0.05, 0) is 49.9 Å². The number of carboxylic acid groups (broad SMARTS) is 1. The number of hydrogen-bond donors (Lipinski definition) is 3. The average Bonchev–Trinajstić information content (AvgIpc) is 3.04. The maximum atomic E-state index is 12.0. The molecule has 0 saturated heterocycles. The van der Waals surface area contributed by atoms with Crippen molar-refractivity contribution in [1.82, 2.24) is 10.6 Å². The van der Waals surface area contributed by atoms with Crippen molar-refractivity contribution in [2.24, 2.45) is 17.8 Å². The highest BCUT2D eigenvalue weighted by molar-refractivity contribution is 5.86. The third-order valence-corrected chi connectivity index (χ3v) is 5.38. The fraction of sp³-hybridized carbons (Fsp3) is 0.867. The van der Waals surface area contributed by atoms with Crippen LogP contribution < -0.4 is 10.6 Å². The van der Waals surface area contributed by atoms with Crippen LogP contribution in [0.3, 0.4) is 0 Å². The van der Waals surface area contributed by atoms with Crippen LogP contribution in [0, 0.1) is 17.8 Å². The molecule has 0 heterocycles.